The molecule has 0 radical (unpaired) electrons. The number of carbonyl (C=O) groups excluding carboxylic acids is 2. The summed E-state index contributed by atoms with van der Waals surface area (Å²) in [4.78, 5) is 37.5. The van der Waals surface area contributed by atoms with Crippen molar-refractivity contribution in [2.75, 3.05) is 11.5 Å². The number of rotatable bonds is 10. The molecule has 216 valence electrons. The summed E-state index contributed by atoms with van der Waals surface area (Å²) in [5.41, 5.74) is 2.51. The highest BCUT2D eigenvalue weighted by Gasteiger charge is 2.40. The zero-order chi connectivity index (χ0) is 29.4. The highest BCUT2D eigenvalue weighted by molar-refractivity contribution is 6.76. The smallest absolute Gasteiger partial charge is 0.267 e. The van der Waals surface area contributed by atoms with E-state index in [1.165, 1.54) is 6.33 Å². The second-order valence-corrected chi connectivity index (χ2v) is 18.0. The first-order chi connectivity index (χ1) is 20.3. The molecule has 0 saturated heterocycles. The van der Waals surface area contributed by atoms with Gasteiger partial charge in [-0.25, -0.2) is 14.9 Å². The highest BCUT2D eigenvalue weighted by atomic mass is 28.3. The summed E-state index contributed by atoms with van der Waals surface area (Å²) in [6.45, 7) is 8.01. The van der Waals surface area contributed by atoms with Crippen molar-refractivity contribution in [2.45, 2.75) is 70.6 Å². The number of anilines is 1. The van der Waals surface area contributed by atoms with Gasteiger partial charge in [0, 0.05) is 32.5 Å². The third kappa shape index (κ3) is 5.16. The van der Waals surface area contributed by atoms with Gasteiger partial charge in [0.05, 0.1) is 40.9 Å². The molecular weight excluding hydrogens is 546 g/mol. The van der Waals surface area contributed by atoms with Gasteiger partial charge in [0.15, 0.2) is 5.82 Å². The molecule has 11 heteroatoms. The van der Waals surface area contributed by atoms with Crippen molar-refractivity contribution in [2.24, 2.45) is 5.92 Å². The van der Waals surface area contributed by atoms with Crippen molar-refractivity contribution in [3.05, 3.63) is 60.2 Å². The topological polar surface area (TPSA) is 119 Å². The molecule has 1 saturated carbocycles. The molecule has 0 spiro atoms. The summed E-state index contributed by atoms with van der Waals surface area (Å²) < 4.78 is 9.72. The van der Waals surface area contributed by atoms with E-state index in [1.807, 2.05) is 23.0 Å². The molecule has 2 aliphatic rings. The van der Waals surface area contributed by atoms with Gasteiger partial charge in [-0.05, 0) is 43.0 Å². The molecule has 1 aromatic carbocycles. The minimum Gasteiger partial charge on any atom is -0.361 e. The number of amides is 2. The second-order valence-electron chi connectivity index (χ2n) is 12.4. The molecule has 1 atom stereocenters. The van der Waals surface area contributed by atoms with Gasteiger partial charge in [-0.1, -0.05) is 44.6 Å². The number of nitriles is 1. The first-order valence-corrected chi connectivity index (χ1v) is 18.3. The number of imide groups is 1. The molecule has 0 bridgehead atoms. The SMILES string of the molecule is C[Si](C)(C)CCOCn1ccc2c(-c3cn([C@H](CC#N)C4CCCC4)nc3N3C(=O)c4ccccc4C3=O)ncnc21. The molecule has 1 fully saturated rings. The number of hydrogen-bond acceptors (Lipinski definition) is 7. The van der Waals surface area contributed by atoms with E-state index >= 15 is 0 Å². The van der Waals surface area contributed by atoms with E-state index in [-0.39, 0.29) is 18.3 Å². The fraction of sp³-hybridized carbons (Fsp3) is 0.419. The van der Waals surface area contributed by atoms with E-state index in [4.69, 9.17) is 9.84 Å². The first-order valence-electron chi connectivity index (χ1n) is 14.6. The molecule has 0 N–H and O–H groups in total. The Labute approximate surface area is 245 Å². The van der Waals surface area contributed by atoms with Crippen LogP contribution in [0.3, 0.4) is 0 Å². The van der Waals surface area contributed by atoms with Gasteiger partial charge in [0.25, 0.3) is 11.8 Å². The average Bonchev–Trinajstić information content (AvgIpc) is 3.77. The van der Waals surface area contributed by atoms with E-state index in [1.54, 1.807) is 28.9 Å². The van der Waals surface area contributed by atoms with E-state index in [0.717, 1.165) is 42.0 Å². The normalized spacial score (nSPS) is 16.4. The van der Waals surface area contributed by atoms with Crippen molar-refractivity contribution >= 4 is 36.7 Å². The Balaban J connectivity index is 1.43. The van der Waals surface area contributed by atoms with Gasteiger partial charge < -0.3 is 9.30 Å². The third-order valence-electron chi connectivity index (χ3n) is 8.34. The largest absolute Gasteiger partial charge is 0.361 e. The first kappa shape index (κ1) is 28.0. The Bertz CT molecular complexity index is 1660. The lowest BCUT2D eigenvalue weighted by Crippen LogP contribution is -2.30. The molecule has 1 aliphatic heterocycles. The van der Waals surface area contributed by atoms with Crippen LogP contribution in [-0.4, -0.2) is 50.8 Å². The van der Waals surface area contributed by atoms with Crippen LogP contribution in [0, 0.1) is 17.2 Å². The monoisotopic (exact) mass is 581 g/mol. The maximum atomic E-state index is 13.6. The van der Waals surface area contributed by atoms with Crippen LogP contribution in [0.2, 0.25) is 25.7 Å². The highest BCUT2D eigenvalue weighted by Crippen LogP contribution is 2.41. The van der Waals surface area contributed by atoms with Crippen molar-refractivity contribution in [1.29, 1.82) is 5.26 Å². The molecular formula is C31H35N7O3Si. The van der Waals surface area contributed by atoms with Crippen LogP contribution in [0.5, 0.6) is 0 Å². The molecule has 4 aromatic rings. The van der Waals surface area contributed by atoms with Crippen molar-refractivity contribution in [1.82, 2.24) is 24.3 Å². The number of nitrogens with zero attached hydrogens (tertiary/aromatic N) is 7. The summed E-state index contributed by atoms with van der Waals surface area (Å²) >= 11 is 0. The van der Waals surface area contributed by atoms with Crippen LogP contribution in [0.1, 0.15) is 58.9 Å². The number of benzene rings is 1. The number of fused-ring (bicyclic) bond motifs is 2. The summed E-state index contributed by atoms with van der Waals surface area (Å²) in [7, 11) is -1.21. The number of aromatic nitrogens is 5. The summed E-state index contributed by atoms with van der Waals surface area (Å²) in [6.07, 6.45) is 9.81. The van der Waals surface area contributed by atoms with Gasteiger partial charge in [-0.15, -0.1) is 0 Å². The van der Waals surface area contributed by atoms with Crippen molar-refractivity contribution in [3.63, 3.8) is 0 Å². The van der Waals surface area contributed by atoms with Crippen LogP contribution in [0.4, 0.5) is 5.82 Å². The minimum atomic E-state index is -1.21. The van der Waals surface area contributed by atoms with Crippen LogP contribution >= 0.6 is 0 Å². The number of ether oxygens (including phenoxy) is 1. The lowest BCUT2D eigenvalue weighted by molar-refractivity contribution is 0.0898. The van der Waals surface area contributed by atoms with Gasteiger partial charge in [-0.3, -0.25) is 14.3 Å². The second kappa shape index (κ2) is 11.3. The lowest BCUT2D eigenvalue weighted by Gasteiger charge is -2.21. The van der Waals surface area contributed by atoms with Crippen LogP contribution in [-0.2, 0) is 11.5 Å². The predicted octanol–water partition coefficient (Wildman–Crippen LogP) is 6.05. The predicted molar refractivity (Wildman–Crippen MR) is 162 cm³/mol. The zero-order valence-corrected chi connectivity index (χ0v) is 25.3. The zero-order valence-electron chi connectivity index (χ0n) is 24.3. The molecule has 42 heavy (non-hydrogen) atoms. The van der Waals surface area contributed by atoms with E-state index in [2.05, 4.69) is 35.7 Å². The molecule has 10 nitrogen and oxygen atoms in total. The minimum absolute atomic E-state index is 0.165. The quantitative estimate of drug-likeness (QED) is 0.127. The maximum absolute atomic E-state index is 13.6. The van der Waals surface area contributed by atoms with Crippen LogP contribution in [0.25, 0.3) is 22.3 Å². The fourth-order valence-electron chi connectivity index (χ4n) is 6.04. The van der Waals surface area contributed by atoms with Crippen molar-refractivity contribution in [3.8, 4) is 17.3 Å². The molecule has 3 aromatic heterocycles. The summed E-state index contributed by atoms with van der Waals surface area (Å²) in [5.74, 6) is -0.314. The number of carbonyl (C=O) groups is 2. The van der Waals surface area contributed by atoms with Gasteiger partial charge in [0.2, 0.25) is 0 Å². The van der Waals surface area contributed by atoms with Crippen LogP contribution < -0.4 is 4.90 Å². The van der Waals surface area contributed by atoms with E-state index < -0.39 is 19.9 Å². The van der Waals surface area contributed by atoms with Crippen LogP contribution in [0.15, 0.2) is 49.1 Å². The average molecular weight is 582 g/mol. The lowest BCUT2D eigenvalue weighted by atomic mass is 9.96. The Morgan fingerprint density at radius 2 is 1.76 bits per heavy atom. The third-order valence-corrected chi connectivity index (χ3v) is 10.0. The standard InChI is InChI=1S/C31H35N7O3Si/c1-42(2,3)17-16-41-20-36-15-13-24-27(33-19-34-28(24)36)25-18-37(26(12-14-32)21-8-4-5-9-21)35-29(25)38-30(39)22-10-6-7-11-23(22)31(38)40/h6-7,10-11,13,15,18-19,21,26H,4-5,8-9,12,16-17,20H2,1-3H3/t26-/m1/s1. The molecule has 1 aliphatic carbocycles. The Hall–Kier alpha value is -4.14. The summed E-state index contributed by atoms with van der Waals surface area (Å²) in [5, 5.41) is 15.3. The number of hydrogen-bond donors (Lipinski definition) is 0. The molecule has 2 amide bonds. The van der Waals surface area contributed by atoms with Crippen molar-refractivity contribution < 1.29 is 14.3 Å². The fourth-order valence-corrected chi connectivity index (χ4v) is 6.80. The Morgan fingerprint density at radius 3 is 2.43 bits per heavy atom. The van der Waals surface area contributed by atoms with Gasteiger partial charge >= 0.3 is 0 Å². The van der Waals surface area contributed by atoms with E-state index in [0.29, 0.717) is 47.3 Å². The Kier molecular flexibility index (Phi) is 7.51. The summed E-state index contributed by atoms with van der Waals surface area (Å²) in [6, 6.07) is 12.0. The maximum Gasteiger partial charge on any atom is 0.267 e. The molecule has 4 heterocycles. The van der Waals surface area contributed by atoms with Gasteiger partial charge in [-0.2, -0.15) is 10.4 Å². The molecule has 6 rings (SSSR count). The molecule has 0 unspecified atom stereocenters. The Morgan fingerprint density at radius 1 is 1.05 bits per heavy atom. The van der Waals surface area contributed by atoms with E-state index in [9.17, 15) is 14.9 Å². The van der Waals surface area contributed by atoms with Gasteiger partial charge in [0.1, 0.15) is 18.7 Å².